The molecule has 9 heteroatoms. The summed E-state index contributed by atoms with van der Waals surface area (Å²) in [5.41, 5.74) is 4.57. The van der Waals surface area contributed by atoms with Crippen LogP contribution < -0.4 is 15.5 Å². The van der Waals surface area contributed by atoms with Crippen molar-refractivity contribution in [1.82, 2.24) is 10.7 Å². The zero-order valence-corrected chi connectivity index (χ0v) is 19.8. The first-order valence-electron chi connectivity index (χ1n) is 9.76. The van der Waals surface area contributed by atoms with Gasteiger partial charge in [-0.05, 0) is 55.5 Å². The lowest BCUT2D eigenvalue weighted by Gasteiger charge is -2.08. The second-order valence-electron chi connectivity index (χ2n) is 6.92. The van der Waals surface area contributed by atoms with Crippen LogP contribution in [-0.2, 0) is 4.79 Å². The number of aryl methyl sites for hydroxylation is 1. The topological polar surface area (TPSA) is 96.9 Å². The van der Waals surface area contributed by atoms with Crippen LogP contribution in [-0.4, -0.2) is 30.5 Å². The third-order valence-corrected chi connectivity index (χ3v) is 5.08. The van der Waals surface area contributed by atoms with E-state index < -0.39 is 17.8 Å². The van der Waals surface area contributed by atoms with Gasteiger partial charge in [0.25, 0.3) is 11.8 Å². The number of esters is 1. The van der Waals surface area contributed by atoms with Gasteiger partial charge in [-0.25, -0.2) is 10.2 Å². The van der Waals surface area contributed by atoms with Gasteiger partial charge in [-0.1, -0.05) is 51.3 Å². The summed E-state index contributed by atoms with van der Waals surface area (Å²) in [6.45, 7) is 1.64. The quantitative estimate of drug-likeness (QED) is 0.204. The van der Waals surface area contributed by atoms with Gasteiger partial charge in [0.1, 0.15) is 5.75 Å². The molecule has 0 aromatic heterocycles. The molecule has 2 amide bonds. The maximum atomic E-state index is 12.4. The van der Waals surface area contributed by atoms with Crippen molar-refractivity contribution in [3.05, 3.63) is 98.5 Å². The molecular weight excluding hydrogens is 510 g/mol. The smallest absolute Gasteiger partial charge is 0.343 e. The summed E-state index contributed by atoms with van der Waals surface area (Å²) in [5.74, 6) is -1.21. The van der Waals surface area contributed by atoms with E-state index in [1.807, 2.05) is 19.1 Å². The second-order valence-corrected chi connectivity index (χ2v) is 8.28. The highest BCUT2D eigenvalue weighted by molar-refractivity contribution is 9.10. The molecule has 0 aliphatic carbocycles. The Hall–Kier alpha value is -3.49. The Labute approximate surface area is 203 Å². The van der Waals surface area contributed by atoms with E-state index in [9.17, 15) is 14.4 Å². The van der Waals surface area contributed by atoms with E-state index >= 15 is 0 Å². The molecule has 3 aromatic rings. The molecule has 0 radical (unpaired) electrons. The van der Waals surface area contributed by atoms with Crippen LogP contribution in [0.25, 0.3) is 0 Å². The van der Waals surface area contributed by atoms with Crippen LogP contribution in [0.2, 0.25) is 5.02 Å². The third-order valence-electron chi connectivity index (χ3n) is 4.35. The van der Waals surface area contributed by atoms with Gasteiger partial charge in [-0.3, -0.25) is 9.59 Å². The lowest BCUT2D eigenvalue weighted by Crippen LogP contribution is -2.34. The summed E-state index contributed by atoms with van der Waals surface area (Å²) in [6.07, 6.45) is 1.35. The van der Waals surface area contributed by atoms with E-state index in [2.05, 4.69) is 31.8 Å². The fraction of sp³-hybridized carbons (Fsp3) is 0.0833. The van der Waals surface area contributed by atoms with Crippen molar-refractivity contribution in [3.63, 3.8) is 0 Å². The maximum Gasteiger partial charge on any atom is 0.343 e. The molecule has 0 atom stereocenters. The molecule has 0 saturated heterocycles. The molecule has 0 aliphatic heterocycles. The molecule has 2 N–H and O–H groups in total. The first-order valence-corrected chi connectivity index (χ1v) is 10.9. The zero-order chi connectivity index (χ0) is 23.8. The predicted molar refractivity (Wildman–Crippen MR) is 130 cm³/mol. The normalized spacial score (nSPS) is 10.6. The van der Waals surface area contributed by atoms with E-state index in [0.29, 0.717) is 21.7 Å². The molecule has 0 unspecified atom stereocenters. The Bertz CT molecular complexity index is 1210. The highest BCUT2D eigenvalue weighted by atomic mass is 79.9. The summed E-state index contributed by atoms with van der Waals surface area (Å²) < 4.78 is 6.23. The Morgan fingerprint density at radius 3 is 2.52 bits per heavy atom. The number of halogens is 2. The Kier molecular flexibility index (Phi) is 8.34. The maximum absolute atomic E-state index is 12.4. The number of nitrogens with one attached hydrogen (secondary N) is 2. The van der Waals surface area contributed by atoms with Crippen LogP contribution in [0.5, 0.6) is 5.75 Å². The molecule has 0 fully saturated rings. The van der Waals surface area contributed by atoms with Crippen molar-refractivity contribution in [1.29, 1.82) is 0 Å². The number of amides is 2. The fourth-order valence-corrected chi connectivity index (χ4v) is 3.24. The Morgan fingerprint density at radius 2 is 1.79 bits per heavy atom. The van der Waals surface area contributed by atoms with Crippen molar-refractivity contribution in [2.45, 2.75) is 6.92 Å². The van der Waals surface area contributed by atoms with Gasteiger partial charge in [-0.15, -0.1) is 0 Å². The molecule has 7 nitrogen and oxygen atoms in total. The molecule has 3 rings (SSSR count). The highest BCUT2D eigenvalue weighted by Crippen LogP contribution is 2.23. The first-order chi connectivity index (χ1) is 15.8. The molecule has 0 saturated carbocycles. The minimum absolute atomic E-state index is 0.274. The molecular formula is C24H19BrClN3O4. The molecule has 3 aromatic carbocycles. The van der Waals surface area contributed by atoms with Gasteiger partial charge < -0.3 is 10.1 Å². The van der Waals surface area contributed by atoms with Crippen LogP contribution in [0.3, 0.4) is 0 Å². The number of benzene rings is 3. The second kappa shape index (κ2) is 11.4. The summed E-state index contributed by atoms with van der Waals surface area (Å²) in [5, 5.41) is 6.79. The SMILES string of the molecule is Cc1ccc(C(=O)Oc2ccc(Br)cc2/C=N\NC(=O)CNC(=O)c2cccc(Cl)c2)cc1. The number of rotatable bonds is 7. The average molecular weight is 529 g/mol. The van der Waals surface area contributed by atoms with E-state index in [1.54, 1.807) is 48.5 Å². The largest absolute Gasteiger partial charge is 0.422 e. The predicted octanol–water partition coefficient (Wildman–Crippen LogP) is 4.51. The van der Waals surface area contributed by atoms with Crippen LogP contribution in [0, 0.1) is 6.92 Å². The van der Waals surface area contributed by atoms with Gasteiger partial charge in [0.2, 0.25) is 0 Å². The monoisotopic (exact) mass is 527 g/mol. The van der Waals surface area contributed by atoms with E-state index in [1.165, 1.54) is 12.3 Å². The van der Waals surface area contributed by atoms with Crippen molar-refractivity contribution >= 4 is 51.5 Å². The number of carbonyl (C=O) groups is 3. The number of hydrogen-bond donors (Lipinski definition) is 2. The minimum atomic E-state index is -0.533. The Balaban J connectivity index is 1.59. The van der Waals surface area contributed by atoms with Gasteiger partial charge in [0.15, 0.2) is 0 Å². The fourth-order valence-electron chi connectivity index (χ4n) is 2.67. The van der Waals surface area contributed by atoms with Crippen LogP contribution in [0.15, 0.2) is 76.3 Å². The number of carbonyl (C=O) groups excluding carboxylic acids is 3. The van der Waals surface area contributed by atoms with Gasteiger partial charge in [-0.2, -0.15) is 5.10 Å². The van der Waals surface area contributed by atoms with Crippen molar-refractivity contribution < 1.29 is 19.1 Å². The van der Waals surface area contributed by atoms with E-state index in [4.69, 9.17) is 16.3 Å². The third kappa shape index (κ3) is 7.27. The summed E-state index contributed by atoms with van der Waals surface area (Å²) in [4.78, 5) is 36.5. The van der Waals surface area contributed by atoms with Gasteiger partial charge >= 0.3 is 5.97 Å². The molecule has 168 valence electrons. The van der Waals surface area contributed by atoms with E-state index in [0.717, 1.165) is 10.0 Å². The minimum Gasteiger partial charge on any atom is -0.422 e. The molecule has 0 spiro atoms. The zero-order valence-electron chi connectivity index (χ0n) is 17.5. The Morgan fingerprint density at radius 1 is 1.03 bits per heavy atom. The van der Waals surface area contributed by atoms with Crippen LogP contribution in [0.1, 0.15) is 31.8 Å². The highest BCUT2D eigenvalue weighted by Gasteiger charge is 2.12. The molecule has 0 heterocycles. The van der Waals surface area contributed by atoms with Crippen LogP contribution >= 0.6 is 27.5 Å². The van der Waals surface area contributed by atoms with Crippen molar-refractivity contribution in [3.8, 4) is 5.75 Å². The van der Waals surface area contributed by atoms with Crippen LogP contribution in [0.4, 0.5) is 0 Å². The summed E-state index contributed by atoms with van der Waals surface area (Å²) in [7, 11) is 0. The van der Waals surface area contributed by atoms with Gasteiger partial charge in [0, 0.05) is 20.6 Å². The lowest BCUT2D eigenvalue weighted by molar-refractivity contribution is -0.120. The number of ether oxygens (including phenoxy) is 1. The standard InChI is InChI=1S/C24H19BrClN3O4/c1-15-5-7-16(8-6-15)24(32)33-21-10-9-19(25)11-18(21)13-28-29-22(30)14-27-23(31)17-3-2-4-20(26)12-17/h2-13H,14H2,1H3,(H,27,31)(H,29,30)/b28-13-. The lowest BCUT2D eigenvalue weighted by atomic mass is 10.1. The average Bonchev–Trinajstić information content (AvgIpc) is 2.79. The molecule has 33 heavy (non-hydrogen) atoms. The van der Waals surface area contributed by atoms with Gasteiger partial charge in [0.05, 0.1) is 18.3 Å². The number of hydrogen-bond acceptors (Lipinski definition) is 5. The van der Waals surface area contributed by atoms with Crippen molar-refractivity contribution in [2.75, 3.05) is 6.54 Å². The molecule has 0 aliphatic rings. The number of nitrogens with zero attached hydrogens (tertiary/aromatic N) is 1. The summed E-state index contributed by atoms with van der Waals surface area (Å²) in [6, 6.07) is 18.4. The first kappa shape index (κ1) is 24.2. The van der Waals surface area contributed by atoms with Crippen molar-refractivity contribution in [2.24, 2.45) is 5.10 Å². The summed E-state index contributed by atoms with van der Waals surface area (Å²) >= 11 is 9.22. The van der Waals surface area contributed by atoms with E-state index in [-0.39, 0.29) is 12.3 Å². The number of hydrazone groups is 1. The molecule has 0 bridgehead atoms.